The Morgan fingerprint density at radius 3 is 2.57 bits per heavy atom. The number of hydrogen-bond donors (Lipinski definition) is 1. The summed E-state index contributed by atoms with van der Waals surface area (Å²) >= 11 is 1.66. The highest BCUT2D eigenvalue weighted by Crippen LogP contribution is 2.16. The molecule has 0 unspecified atom stereocenters. The van der Waals surface area contributed by atoms with Gasteiger partial charge in [0.15, 0.2) is 0 Å². The van der Waals surface area contributed by atoms with Gasteiger partial charge in [-0.25, -0.2) is 0 Å². The highest BCUT2D eigenvalue weighted by molar-refractivity contribution is 7.99. The van der Waals surface area contributed by atoms with Gasteiger partial charge in [-0.1, -0.05) is 36.4 Å². The van der Waals surface area contributed by atoms with Crippen LogP contribution in [-0.4, -0.2) is 24.0 Å². The van der Waals surface area contributed by atoms with Gasteiger partial charge < -0.3 is 10.1 Å². The fourth-order valence-electron chi connectivity index (χ4n) is 2.09. The van der Waals surface area contributed by atoms with Crippen LogP contribution in [0.3, 0.4) is 0 Å². The summed E-state index contributed by atoms with van der Waals surface area (Å²) in [5.41, 5.74) is 2.02. The quantitative estimate of drug-likeness (QED) is 0.687. The van der Waals surface area contributed by atoms with Gasteiger partial charge in [-0.15, -0.1) is 0 Å². The third kappa shape index (κ3) is 6.78. The van der Waals surface area contributed by atoms with Crippen molar-refractivity contribution in [3.05, 3.63) is 60.2 Å². The summed E-state index contributed by atoms with van der Waals surface area (Å²) in [5.74, 6) is 2.48. The first-order chi connectivity index (χ1) is 11.3. The van der Waals surface area contributed by atoms with E-state index >= 15 is 0 Å². The van der Waals surface area contributed by atoms with Crippen molar-refractivity contribution in [2.24, 2.45) is 0 Å². The smallest absolute Gasteiger partial charge is 0.234 e. The minimum atomic E-state index is 0.0531. The van der Waals surface area contributed by atoms with Gasteiger partial charge in [-0.05, 0) is 49.3 Å². The zero-order chi connectivity index (χ0) is 16.3. The summed E-state index contributed by atoms with van der Waals surface area (Å²) in [4.78, 5) is 11.8. The first kappa shape index (κ1) is 17.4. The first-order valence-corrected chi connectivity index (χ1v) is 9.02. The number of hydrogen-bond acceptors (Lipinski definition) is 3. The van der Waals surface area contributed by atoms with E-state index in [1.54, 1.807) is 11.8 Å². The zero-order valence-electron chi connectivity index (χ0n) is 13.5. The lowest BCUT2D eigenvalue weighted by Crippen LogP contribution is -2.14. The third-order valence-corrected chi connectivity index (χ3v) is 4.37. The number of thioether (sulfide) groups is 1. The number of carbonyl (C=O) groups is 1. The van der Waals surface area contributed by atoms with Crippen molar-refractivity contribution in [2.45, 2.75) is 19.8 Å². The van der Waals surface area contributed by atoms with Crippen molar-refractivity contribution in [3.8, 4) is 5.75 Å². The topological polar surface area (TPSA) is 38.3 Å². The number of anilines is 1. The van der Waals surface area contributed by atoms with Crippen molar-refractivity contribution >= 4 is 23.4 Å². The Labute approximate surface area is 142 Å². The van der Waals surface area contributed by atoms with Crippen LogP contribution in [0.5, 0.6) is 5.75 Å². The van der Waals surface area contributed by atoms with Crippen LogP contribution >= 0.6 is 11.8 Å². The fraction of sp³-hybridized carbons (Fsp3) is 0.316. The number of carbonyl (C=O) groups excluding carboxylic acids is 1. The lowest BCUT2D eigenvalue weighted by Gasteiger charge is -2.08. The molecule has 3 nitrogen and oxygen atoms in total. The van der Waals surface area contributed by atoms with E-state index in [1.165, 1.54) is 5.56 Å². The molecule has 0 aliphatic heterocycles. The van der Waals surface area contributed by atoms with Crippen LogP contribution in [0.15, 0.2) is 54.6 Å². The Hall–Kier alpha value is -1.94. The van der Waals surface area contributed by atoms with Crippen LogP contribution in [0.25, 0.3) is 0 Å². The molecule has 0 fully saturated rings. The van der Waals surface area contributed by atoms with Crippen LogP contribution in [-0.2, 0) is 4.79 Å². The van der Waals surface area contributed by atoms with Crippen molar-refractivity contribution in [1.82, 2.24) is 0 Å². The lowest BCUT2D eigenvalue weighted by molar-refractivity contribution is -0.113. The summed E-state index contributed by atoms with van der Waals surface area (Å²) in [5, 5.41) is 2.89. The average molecular weight is 329 g/mol. The van der Waals surface area contributed by atoms with Gasteiger partial charge >= 0.3 is 0 Å². The molecular formula is C19H23NO2S. The molecule has 2 aromatic rings. The second-order valence-corrected chi connectivity index (χ2v) is 6.39. The van der Waals surface area contributed by atoms with E-state index in [4.69, 9.17) is 4.74 Å². The molecule has 0 aromatic heterocycles. The molecule has 0 bridgehead atoms. The van der Waals surface area contributed by atoms with Gasteiger partial charge in [0.1, 0.15) is 5.75 Å². The van der Waals surface area contributed by atoms with Crippen molar-refractivity contribution in [1.29, 1.82) is 0 Å². The molecular weight excluding hydrogens is 306 g/mol. The van der Waals surface area contributed by atoms with Crippen LogP contribution in [0.1, 0.15) is 18.4 Å². The number of benzene rings is 2. The van der Waals surface area contributed by atoms with E-state index in [0.717, 1.165) is 36.6 Å². The molecule has 0 aliphatic rings. The van der Waals surface area contributed by atoms with Crippen molar-refractivity contribution in [2.75, 3.05) is 23.4 Å². The minimum Gasteiger partial charge on any atom is -0.493 e. The van der Waals surface area contributed by atoms with Crippen molar-refractivity contribution in [3.63, 3.8) is 0 Å². The molecule has 2 aromatic carbocycles. The Morgan fingerprint density at radius 2 is 1.78 bits per heavy atom. The van der Waals surface area contributed by atoms with Crippen LogP contribution < -0.4 is 10.1 Å². The normalized spacial score (nSPS) is 10.3. The maximum Gasteiger partial charge on any atom is 0.234 e. The van der Waals surface area contributed by atoms with Gasteiger partial charge in [0.25, 0.3) is 0 Å². The molecule has 0 saturated heterocycles. The molecule has 1 N–H and O–H groups in total. The van der Waals surface area contributed by atoms with E-state index in [1.807, 2.05) is 48.5 Å². The van der Waals surface area contributed by atoms with Gasteiger partial charge in [0, 0.05) is 5.69 Å². The highest BCUT2D eigenvalue weighted by Gasteiger charge is 2.02. The van der Waals surface area contributed by atoms with E-state index < -0.39 is 0 Å². The van der Waals surface area contributed by atoms with Crippen LogP contribution in [0.4, 0.5) is 5.69 Å². The first-order valence-electron chi connectivity index (χ1n) is 7.87. The monoisotopic (exact) mass is 329 g/mol. The lowest BCUT2D eigenvalue weighted by atomic mass is 10.2. The molecule has 0 atom stereocenters. The average Bonchev–Trinajstić information content (AvgIpc) is 2.56. The molecule has 4 heteroatoms. The Bertz CT molecular complexity index is 601. The van der Waals surface area contributed by atoms with E-state index in [2.05, 4.69) is 18.3 Å². The summed E-state index contributed by atoms with van der Waals surface area (Å²) in [6.07, 6.45) is 2.05. The maximum atomic E-state index is 11.8. The number of amides is 1. The maximum absolute atomic E-state index is 11.8. The summed E-state index contributed by atoms with van der Waals surface area (Å²) < 4.78 is 5.75. The molecule has 0 saturated carbocycles. The molecule has 1 amide bonds. The Morgan fingerprint density at radius 1 is 1.04 bits per heavy atom. The zero-order valence-corrected chi connectivity index (χ0v) is 14.3. The summed E-state index contributed by atoms with van der Waals surface area (Å²) in [6.45, 7) is 2.78. The Balaban J connectivity index is 1.51. The molecule has 0 radical (unpaired) electrons. The highest BCUT2D eigenvalue weighted by atomic mass is 32.2. The standard InChI is InChI=1S/C19H23NO2S/c1-16-9-5-6-12-18(16)22-13-7-8-14-23-15-19(21)20-17-10-3-2-4-11-17/h2-6,9-12H,7-8,13-15H2,1H3,(H,20,21). The number of unbranched alkanes of at least 4 members (excludes halogenated alkanes) is 1. The molecule has 23 heavy (non-hydrogen) atoms. The molecule has 0 aliphatic carbocycles. The molecule has 2 rings (SSSR count). The van der Waals surface area contributed by atoms with E-state index in [9.17, 15) is 4.79 Å². The number of ether oxygens (including phenoxy) is 1. The number of aryl methyl sites for hydroxylation is 1. The number of para-hydroxylation sites is 2. The molecule has 0 spiro atoms. The van der Waals surface area contributed by atoms with Crippen LogP contribution in [0.2, 0.25) is 0 Å². The predicted octanol–water partition coefficient (Wildman–Crippen LogP) is 4.53. The van der Waals surface area contributed by atoms with Gasteiger partial charge in [-0.2, -0.15) is 11.8 Å². The number of rotatable bonds is 9. The summed E-state index contributed by atoms with van der Waals surface area (Å²) in [6, 6.07) is 17.6. The van der Waals surface area contributed by atoms with E-state index in [0.29, 0.717) is 5.75 Å². The molecule has 0 heterocycles. The minimum absolute atomic E-state index is 0.0531. The summed E-state index contributed by atoms with van der Waals surface area (Å²) in [7, 11) is 0. The van der Waals surface area contributed by atoms with E-state index in [-0.39, 0.29) is 5.91 Å². The largest absolute Gasteiger partial charge is 0.493 e. The van der Waals surface area contributed by atoms with Gasteiger partial charge in [-0.3, -0.25) is 4.79 Å². The molecule has 122 valence electrons. The second kappa shape index (κ2) is 9.95. The SMILES string of the molecule is Cc1ccccc1OCCCCSCC(=O)Nc1ccccc1. The Kier molecular flexibility index (Phi) is 7.54. The van der Waals surface area contributed by atoms with Gasteiger partial charge in [0.2, 0.25) is 5.91 Å². The van der Waals surface area contributed by atoms with Crippen LogP contribution in [0, 0.1) is 6.92 Å². The second-order valence-electron chi connectivity index (χ2n) is 5.29. The fourth-order valence-corrected chi connectivity index (χ4v) is 2.90. The van der Waals surface area contributed by atoms with Crippen molar-refractivity contribution < 1.29 is 9.53 Å². The van der Waals surface area contributed by atoms with Gasteiger partial charge in [0.05, 0.1) is 12.4 Å². The third-order valence-electron chi connectivity index (χ3n) is 3.32. The predicted molar refractivity (Wildman–Crippen MR) is 98.3 cm³/mol. The number of nitrogens with one attached hydrogen (secondary N) is 1.